The molecule has 1 aromatic heterocycles. The number of nitrogens with zero attached hydrogens (tertiary/aromatic N) is 2. The summed E-state index contributed by atoms with van der Waals surface area (Å²) in [4.78, 5) is 8.77. The molecule has 4 heteroatoms. The summed E-state index contributed by atoms with van der Waals surface area (Å²) < 4.78 is 14.2. The first kappa shape index (κ1) is 11.5. The van der Waals surface area contributed by atoms with Crippen molar-refractivity contribution in [2.75, 3.05) is 0 Å². The lowest BCUT2D eigenvalue weighted by Gasteiger charge is -2.09. The van der Waals surface area contributed by atoms with Gasteiger partial charge in [0.25, 0.3) is 0 Å². The third kappa shape index (κ3) is 1.82. The van der Waals surface area contributed by atoms with Gasteiger partial charge in [-0.2, -0.15) is 0 Å². The standard InChI is InChI=1S/C12H12BrFN2/c1-6(2)12-15-10-7(3)9(14)5-4-8(10)11(13)16-12/h4-6H,1-3H3. The van der Waals surface area contributed by atoms with Gasteiger partial charge in [0.15, 0.2) is 0 Å². The molecule has 0 spiro atoms. The highest BCUT2D eigenvalue weighted by Gasteiger charge is 2.12. The molecule has 16 heavy (non-hydrogen) atoms. The van der Waals surface area contributed by atoms with Crippen molar-refractivity contribution in [2.45, 2.75) is 26.7 Å². The summed E-state index contributed by atoms with van der Waals surface area (Å²) in [6.07, 6.45) is 0. The van der Waals surface area contributed by atoms with E-state index in [9.17, 15) is 4.39 Å². The Morgan fingerprint density at radius 3 is 2.56 bits per heavy atom. The van der Waals surface area contributed by atoms with Crippen LogP contribution in [0.5, 0.6) is 0 Å². The third-order valence-corrected chi connectivity index (χ3v) is 3.15. The molecular weight excluding hydrogens is 271 g/mol. The molecule has 0 unspecified atom stereocenters. The van der Waals surface area contributed by atoms with Crippen molar-refractivity contribution in [3.8, 4) is 0 Å². The molecule has 0 saturated carbocycles. The van der Waals surface area contributed by atoms with Crippen LogP contribution < -0.4 is 0 Å². The maximum absolute atomic E-state index is 13.4. The molecule has 0 atom stereocenters. The van der Waals surface area contributed by atoms with Crippen molar-refractivity contribution in [3.63, 3.8) is 0 Å². The fraction of sp³-hybridized carbons (Fsp3) is 0.333. The highest BCUT2D eigenvalue weighted by atomic mass is 79.9. The van der Waals surface area contributed by atoms with Crippen molar-refractivity contribution in [1.29, 1.82) is 0 Å². The molecule has 0 fully saturated rings. The second kappa shape index (κ2) is 4.09. The zero-order valence-corrected chi connectivity index (χ0v) is 11.0. The molecule has 84 valence electrons. The van der Waals surface area contributed by atoms with Crippen molar-refractivity contribution in [2.24, 2.45) is 0 Å². The molecule has 0 bridgehead atoms. The monoisotopic (exact) mass is 282 g/mol. The highest BCUT2D eigenvalue weighted by molar-refractivity contribution is 9.10. The Balaban J connectivity index is 2.83. The van der Waals surface area contributed by atoms with Crippen molar-refractivity contribution in [3.05, 3.63) is 33.9 Å². The van der Waals surface area contributed by atoms with Gasteiger partial charge in [-0.1, -0.05) is 13.8 Å². The van der Waals surface area contributed by atoms with Gasteiger partial charge in [0.1, 0.15) is 16.2 Å². The Labute approximate surface area is 102 Å². The Morgan fingerprint density at radius 1 is 1.25 bits per heavy atom. The van der Waals surface area contributed by atoms with Gasteiger partial charge in [-0.25, -0.2) is 14.4 Å². The number of hydrogen-bond donors (Lipinski definition) is 0. The van der Waals surface area contributed by atoms with Gasteiger partial charge in [0.05, 0.1) is 5.52 Å². The van der Waals surface area contributed by atoms with Crippen molar-refractivity contribution >= 4 is 26.8 Å². The lowest BCUT2D eigenvalue weighted by molar-refractivity contribution is 0.620. The van der Waals surface area contributed by atoms with E-state index in [1.165, 1.54) is 6.07 Å². The van der Waals surface area contributed by atoms with Crippen LogP contribution in [0.1, 0.15) is 31.2 Å². The molecule has 0 radical (unpaired) electrons. The van der Waals surface area contributed by atoms with Crippen molar-refractivity contribution < 1.29 is 4.39 Å². The Hall–Kier alpha value is -1.03. The van der Waals surface area contributed by atoms with Crippen LogP contribution >= 0.6 is 15.9 Å². The number of rotatable bonds is 1. The first-order valence-corrected chi connectivity index (χ1v) is 5.92. The number of aryl methyl sites for hydroxylation is 1. The predicted octanol–water partition coefficient (Wildman–Crippen LogP) is 3.96. The van der Waals surface area contributed by atoms with E-state index in [4.69, 9.17) is 0 Å². The van der Waals surface area contributed by atoms with E-state index in [0.29, 0.717) is 11.1 Å². The molecule has 0 amide bonds. The van der Waals surface area contributed by atoms with Crippen molar-refractivity contribution in [1.82, 2.24) is 9.97 Å². The molecule has 1 heterocycles. The normalized spacial score (nSPS) is 11.4. The van der Waals surface area contributed by atoms with Crippen LogP contribution in [-0.2, 0) is 0 Å². The second-order valence-electron chi connectivity index (χ2n) is 4.10. The quantitative estimate of drug-likeness (QED) is 0.740. The highest BCUT2D eigenvalue weighted by Crippen LogP contribution is 2.26. The molecule has 2 aromatic rings. The minimum atomic E-state index is -0.229. The first-order valence-electron chi connectivity index (χ1n) is 5.13. The molecule has 1 aromatic carbocycles. The van der Waals surface area contributed by atoms with Crippen LogP contribution in [0.15, 0.2) is 16.7 Å². The van der Waals surface area contributed by atoms with E-state index in [-0.39, 0.29) is 11.7 Å². The Kier molecular flexibility index (Phi) is 2.93. The molecule has 0 aliphatic heterocycles. The smallest absolute Gasteiger partial charge is 0.132 e. The first-order chi connectivity index (χ1) is 7.50. The molecule has 0 N–H and O–H groups in total. The van der Waals surface area contributed by atoms with Crippen LogP contribution in [0, 0.1) is 12.7 Å². The predicted molar refractivity (Wildman–Crippen MR) is 66.0 cm³/mol. The number of hydrogen-bond acceptors (Lipinski definition) is 2. The minimum Gasteiger partial charge on any atom is -0.232 e. The van der Waals surface area contributed by atoms with Crippen LogP contribution in [0.2, 0.25) is 0 Å². The van der Waals surface area contributed by atoms with Gasteiger partial charge in [0, 0.05) is 16.9 Å². The lowest BCUT2D eigenvalue weighted by Crippen LogP contribution is -2.00. The van der Waals surface area contributed by atoms with Gasteiger partial charge in [-0.3, -0.25) is 0 Å². The SMILES string of the molecule is Cc1c(F)ccc2c(Br)nc(C(C)C)nc12. The zero-order chi connectivity index (χ0) is 11.9. The van der Waals surface area contributed by atoms with E-state index in [0.717, 1.165) is 15.8 Å². The maximum Gasteiger partial charge on any atom is 0.132 e. The average molecular weight is 283 g/mol. The van der Waals surface area contributed by atoms with Crippen LogP contribution in [0.3, 0.4) is 0 Å². The molecule has 0 aliphatic carbocycles. The number of fused-ring (bicyclic) bond motifs is 1. The molecule has 2 rings (SSSR count). The topological polar surface area (TPSA) is 25.8 Å². The minimum absolute atomic E-state index is 0.225. The van der Waals surface area contributed by atoms with Crippen LogP contribution in [0.4, 0.5) is 4.39 Å². The van der Waals surface area contributed by atoms with Gasteiger partial charge >= 0.3 is 0 Å². The second-order valence-corrected chi connectivity index (χ2v) is 4.85. The Morgan fingerprint density at radius 2 is 1.94 bits per heavy atom. The number of aromatic nitrogens is 2. The van der Waals surface area contributed by atoms with Gasteiger partial charge < -0.3 is 0 Å². The third-order valence-electron chi connectivity index (χ3n) is 2.54. The van der Waals surface area contributed by atoms with E-state index < -0.39 is 0 Å². The summed E-state index contributed by atoms with van der Waals surface area (Å²) in [7, 11) is 0. The Bertz CT molecular complexity index is 552. The fourth-order valence-electron chi connectivity index (χ4n) is 1.54. The number of halogens is 2. The average Bonchev–Trinajstić information content (AvgIpc) is 2.23. The van der Waals surface area contributed by atoms with Gasteiger partial charge in [0.2, 0.25) is 0 Å². The van der Waals surface area contributed by atoms with Gasteiger partial charge in [-0.05, 0) is 35.0 Å². The number of benzene rings is 1. The summed E-state index contributed by atoms with van der Waals surface area (Å²) in [5, 5.41) is 0.850. The molecule has 0 aliphatic rings. The summed E-state index contributed by atoms with van der Waals surface area (Å²) in [5.74, 6) is 0.726. The molecule has 0 saturated heterocycles. The van der Waals surface area contributed by atoms with Crippen LogP contribution in [-0.4, -0.2) is 9.97 Å². The summed E-state index contributed by atoms with van der Waals surface area (Å²) >= 11 is 3.40. The summed E-state index contributed by atoms with van der Waals surface area (Å²) in [5.41, 5.74) is 1.26. The summed E-state index contributed by atoms with van der Waals surface area (Å²) in [6, 6.07) is 3.15. The zero-order valence-electron chi connectivity index (χ0n) is 9.38. The van der Waals surface area contributed by atoms with E-state index in [1.54, 1.807) is 13.0 Å². The summed E-state index contributed by atoms with van der Waals surface area (Å²) in [6.45, 7) is 5.77. The maximum atomic E-state index is 13.4. The van der Waals surface area contributed by atoms with Crippen LogP contribution in [0.25, 0.3) is 10.9 Å². The fourth-order valence-corrected chi connectivity index (χ4v) is 2.05. The van der Waals surface area contributed by atoms with E-state index in [2.05, 4.69) is 25.9 Å². The largest absolute Gasteiger partial charge is 0.232 e. The lowest BCUT2D eigenvalue weighted by atomic mass is 10.1. The van der Waals surface area contributed by atoms with E-state index >= 15 is 0 Å². The molecular formula is C12H12BrFN2. The molecule has 2 nitrogen and oxygen atoms in total. The van der Waals surface area contributed by atoms with E-state index in [1.807, 2.05) is 13.8 Å². The van der Waals surface area contributed by atoms with Gasteiger partial charge in [-0.15, -0.1) is 0 Å².